The van der Waals surface area contributed by atoms with Gasteiger partial charge in [0.25, 0.3) is 11.7 Å². The molecule has 1 N–H and O–H groups in total. The van der Waals surface area contributed by atoms with E-state index in [0.717, 1.165) is 5.56 Å². The van der Waals surface area contributed by atoms with Crippen LogP contribution >= 0.6 is 0 Å². The Balaban J connectivity index is 2.15. The highest BCUT2D eigenvalue weighted by atomic mass is 16.5. The van der Waals surface area contributed by atoms with E-state index in [1.165, 1.54) is 19.1 Å². The summed E-state index contributed by atoms with van der Waals surface area (Å²) in [7, 11) is 6.83. The van der Waals surface area contributed by atoms with Crippen molar-refractivity contribution >= 4 is 17.4 Å². The molecule has 1 amide bonds. The van der Waals surface area contributed by atoms with Crippen LogP contribution in [0.15, 0.2) is 54.6 Å². The minimum Gasteiger partial charge on any atom is -0.507 e. The van der Waals surface area contributed by atoms with Gasteiger partial charge in [-0.25, -0.2) is 0 Å². The SMILES string of the molecule is C=CCOc1ccc(C(O)=C2C(=O)C(=O)N(CCN(C)C)[C@@H]2c2ccc(OC)c(OC)c2)cc1C. The highest BCUT2D eigenvalue weighted by Crippen LogP contribution is 2.42. The number of methoxy groups -OCH3 is 2. The van der Waals surface area contributed by atoms with Crippen molar-refractivity contribution in [2.24, 2.45) is 0 Å². The van der Waals surface area contributed by atoms with Crippen LogP contribution in [0.4, 0.5) is 0 Å². The van der Waals surface area contributed by atoms with E-state index in [0.29, 0.717) is 48.1 Å². The molecule has 1 heterocycles. The molecule has 0 unspecified atom stereocenters. The Morgan fingerprint density at radius 2 is 1.77 bits per heavy atom. The summed E-state index contributed by atoms with van der Waals surface area (Å²) in [6.45, 7) is 6.69. The fraction of sp³-hybridized carbons (Fsp3) is 0.333. The molecule has 186 valence electrons. The van der Waals surface area contributed by atoms with Crippen LogP contribution in [0.3, 0.4) is 0 Å². The van der Waals surface area contributed by atoms with Gasteiger partial charge < -0.3 is 29.1 Å². The normalized spacial score (nSPS) is 17.1. The number of Topliss-reactive ketones (excluding diaryl/α,β-unsaturated/α-hetero) is 1. The molecule has 8 nitrogen and oxygen atoms in total. The second kappa shape index (κ2) is 11.1. The third kappa shape index (κ3) is 5.33. The van der Waals surface area contributed by atoms with Crippen LogP contribution in [-0.2, 0) is 9.59 Å². The lowest BCUT2D eigenvalue weighted by Gasteiger charge is -2.27. The maximum atomic E-state index is 13.2. The zero-order valence-electron chi connectivity index (χ0n) is 20.8. The monoisotopic (exact) mass is 480 g/mol. The van der Waals surface area contributed by atoms with E-state index in [2.05, 4.69) is 6.58 Å². The highest BCUT2D eigenvalue weighted by Gasteiger charge is 2.46. The largest absolute Gasteiger partial charge is 0.507 e. The molecule has 0 radical (unpaired) electrons. The molecule has 2 aromatic rings. The summed E-state index contributed by atoms with van der Waals surface area (Å²) in [5.74, 6) is -0.00491. The van der Waals surface area contributed by atoms with Gasteiger partial charge in [-0.1, -0.05) is 18.7 Å². The van der Waals surface area contributed by atoms with Gasteiger partial charge >= 0.3 is 0 Å². The lowest BCUT2D eigenvalue weighted by atomic mass is 9.94. The molecule has 35 heavy (non-hydrogen) atoms. The van der Waals surface area contributed by atoms with Gasteiger partial charge in [-0.15, -0.1) is 0 Å². The first kappa shape index (κ1) is 25.8. The van der Waals surface area contributed by atoms with Crippen molar-refractivity contribution < 1.29 is 28.9 Å². The predicted molar refractivity (Wildman–Crippen MR) is 134 cm³/mol. The number of hydrogen-bond acceptors (Lipinski definition) is 7. The third-order valence-corrected chi connectivity index (χ3v) is 5.86. The molecule has 0 aromatic heterocycles. The number of carbonyl (C=O) groups is 2. The van der Waals surface area contributed by atoms with Crippen molar-refractivity contribution in [2.75, 3.05) is 48.0 Å². The second-order valence-electron chi connectivity index (χ2n) is 8.49. The fourth-order valence-electron chi connectivity index (χ4n) is 4.05. The summed E-state index contributed by atoms with van der Waals surface area (Å²) in [5.41, 5.74) is 1.86. The zero-order valence-corrected chi connectivity index (χ0v) is 20.8. The van der Waals surface area contributed by atoms with Gasteiger partial charge in [-0.3, -0.25) is 9.59 Å². The Labute approximate surface area is 206 Å². The summed E-state index contributed by atoms with van der Waals surface area (Å²) < 4.78 is 16.4. The predicted octanol–water partition coefficient (Wildman–Crippen LogP) is 3.56. The van der Waals surface area contributed by atoms with Crippen molar-refractivity contribution in [1.82, 2.24) is 9.80 Å². The molecule has 1 aliphatic heterocycles. The number of aryl methyl sites for hydroxylation is 1. The van der Waals surface area contributed by atoms with E-state index < -0.39 is 17.7 Å². The van der Waals surface area contributed by atoms with Crippen molar-refractivity contribution in [3.8, 4) is 17.2 Å². The summed E-state index contributed by atoms with van der Waals surface area (Å²) in [5, 5.41) is 11.3. The third-order valence-electron chi connectivity index (χ3n) is 5.86. The van der Waals surface area contributed by atoms with E-state index in [9.17, 15) is 14.7 Å². The number of amides is 1. The van der Waals surface area contributed by atoms with E-state index >= 15 is 0 Å². The molecular weight excluding hydrogens is 448 g/mol. The van der Waals surface area contributed by atoms with Crippen molar-refractivity contribution in [3.05, 3.63) is 71.3 Å². The minimum atomic E-state index is -0.785. The number of aliphatic hydroxyl groups is 1. The van der Waals surface area contributed by atoms with Crippen LogP contribution in [0.2, 0.25) is 0 Å². The van der Waals surface area contributed by atoms with E-state index in [1.54, 1.807) is 42.5 Å². The van der Waals surface area contributed by atoms with E-state index in [1.807, 2.05) is 25.9 Å². The first-order valence-corrected chi connectivity index (χ1v) is 11.2. The van der Waals surface area contributed by atoms with Crippen molar-refractivity contribution in [2.45, 2.75) is 13.0 Å². The van der Waals surface area contributed by atoms with Gasteiger partial charge in [0.2, 0.25) is 0 Å². The fourth-order valence-corrected chi connectivity index (χ4v) is 4.05. The molecule has 8 heteroatoms. The van der Waals surface area contributed by atoms with Crippen LogP contribution in [0, 0.1) is 6.92 Å². The Hall–Kier alpha value is -3.78. The molecule has 3 rings (SSSR count). The molecule has 0 saturated carbocycles. The lowest BCUT2D eigenvalue weighted by Crippen LogP contribution is -2.35. The molecule has 1 aliphatic rings. The Kier molecular flexibility index (Phi) is 8.19. The molecule has 0 spiro atoms. The Bertz CT molecular complexity index is 1150. The van der Waals surface area contributed by atoms with Gasteiger partial charge in [0.15, 0.2) is 11.5 Å². The van der Waals surface area contributed by atoms with Gasteiger partial charge in [-0.05, 0) is 62.5 Å². The molecule has 2 aromatic carbocycles. The van der Waals surface area contributed by atoms with Gasteiger partial charge in [0.1, 0.15) is 18.1 Å². The number of ether oxygens (including phenoxy) is 3. The average Bonchev–Trinajstić information content (AvgIpc) is 3.10. The van der Waals surface area contributed by atoms with Crippen LogP contribution in [0.25, 0.3) is 5.76 Å². The topological polar surface area (TPSA) is 88.5 Å². The minimum absolute atomic E-state index is 0.0279. The van der Waals surface area contributed by atoms with Crippen LogP contribution in [0.5, 0.6) is 17.2 Å². The standard InChI is InChI=1S/C27H32N2O6/c1-7-14-35-20-10-9-19(15-17(20)2)25(30)23-24(18-8-11-21(33-5)22(16-18)34-6)29(13-12-28(3)4)27(32)26(23)31/h7-11,15-16,24,30H,1,12-14H2,2-6H3/t24-/m1/s1. The molecule has 1 fully saturated rings. The smallest absolute Gasteiger partial charge is 0.295 e. The number of carbonyl (C=O) groups excluding carboxylic acids is 2. The number of likely N-dealkylation sites (tertiary alicyclic amines) is 1. The van der Waals surface area contributed by atoms with E-state index in [-0.39, 0.29) is 11.3 Å². The summed E-state index contributed by atoms with van der Waals surface area (Å²) in [6.07, 6.45) is 1.64. The molecule has 1 saturated heterocycles. The highest BCUT2D eigenvalue weighted by molar-refractivity contribution is 6.46. The Morgan fingerprint density at radius 3 is 2.37 bits per heavy atom. The quantitative estimate of drug-likeness (QED) is 0.241. The van der Waals surface area contributed by atoms with Gasteiger partial charge in [0.05, 0.1) is 25.8 Å². The number of likely N-dealkylation sites (N-methyl/N-ethyl adjacent to an activating group) is 1. The second-order valence-corrected chi connectivity index (χ2v) is 8.49. The van der Waals surface area contributed by atoms with Gasteiger partial charge in [0, 0.05) is 18.7 Å². The number of hydrogen-bond donors (Lipinski definition) is 1. The number of ketones is 1. The summed E-state index contributed by atoms with van der Waals surface area (Å²) in [4.78, 5) is 29.7. The molecule has 1 atom stereocenters. The first-order chi connectivity index (χ1) is 16.7. The van der Waals surface area contributed by atoms with Crippen LogP contribution in [-0.4, -0.2) is 74.6 Å². The summed E-state index contributed by atoms with van der Waals surface area (Å²) in [6, 6.07) is 9.55. The molecule has 0 aliphatic carbocycles. The number of rotatable bonds is 10. The first-order valence-electron chi connectivity index (χ1n) is 11.2. The summed E-state index contributed by atoms with van der Waals surface area (Å²) >= 11 is 0. The number of aliphatic hydroxyl groups excluding tert-OH is 1. The molecular formula is C27H32N2O6. The van der Waals surface area contributed by atoms with Crippen molar-refractivity contribution in [1.29, 1.82) is 0 Å². The van der Waals surface area contributed by atoms with E-state index in [4.69, 9.17) is 14.2 Å². The Morgan fingerprint density at radius 1 is 1.09 bits per heavy atom. The maximum Gasteiger partial charge on any atom is 0.295 e. The van der Waals surface area contributed by atoms with Crippen molar-refractivity contribution in [3.63, 3.8) is 0 Å². The van der Waals surface area contributed by atoms with Gasteiger partial charge in [-0.2, -0.15) is 0 Å². The van der Waals surface area contributed by atoms with Crippen LogP contribution in [0.1, 0.15) is 22.7 Å². The molecule has 0 bridgehead atoms. The number of nitrogens with zero attached hydrogens (tertiary/aromatic N) is 2. The zero-order chi connectivity index (χ0) is 25.7. The maximum absolute atomic E-state index is 13.2. The number of benzene rings is 2. The van der Waals surface area contributed by atoms with Crippen LogP contribution < -0.4 is 14.2 Å². The lowest BCUT2D eigenvalue weighted by molar-refractivity contribution is -0.140. The average molecular weight is 481 g/mol.